The first-order valence-electron chi connectivity index (χ1n) is 6.05. The molecule has 104 valence electrons. The van der Waals surface area contributed by atoms with Gasteiger partial charge >= 0.3 is 5.97 Å². The Morgan fingerprint density at radius 3 is 2.53 bits per heavy atom. The number of non-ortho nitro benzene ring substituents is 1. The summed E-state index contributed by atoms with van der Waals surface area (Å²) >= 11 is 0. The molecular formula is C13H18N2O4. The van der Waals surface area contributed by atoms with Crippen molar-refractivity contribution in [1.29, 1.82) is 0 Å². The minimum absolute atomic E-state index is 0.0000798. The number of anilines is 1. The first-order valence-corrected chi connectivity index (χ1v) is 6.05. The van der Waals surface area contributed by atoms with Crippen molar-refractivity contribution in [1.82, 2.24) is 0 Å². The average Bonchev–Trinajstić information content (AvgIpc) is 2.27. The number of hydrogen-bond donors (Lipinski definition) is 1. The third-order valence-corrected chi connectivity index (χ3v) is 2.78. The highest BCUT2D eigenvalue weighted by Crippen LogP contribution is 2.25. The molecule has 0 amide bonds. The fourth-order valence-electron chi connectivity index (χ4n) is 1.92. The molecule has 0 unspecified atom stereocenters. The van der Waals surface area contributed by atoms with Crippen LogP contribution in [0.1, 0.15) is 25.8 Å². The minimum Gasteiger partial charge on any atom is -0.481 e. The lowest BCUT2D eigenvalue weighted by molar-refractivity contribution is -0.384. The normalized spacial score (nSPS) is 10.5. The number of carboxylic acid groups (broad SMARTS) is 1. The average molecular weight is 266 g/mol. The Morgan fingerprint density at radius 1 is 1.42 bits per heavy atom. The number of nitro groups is 1. The van der Waals surface area contributed by atoms with Gasteiger partial charge in [-0.25, -0.2) is 0 Å². The van der Waals surface area contributed by atoms with Crippen LogP contribution in [0.3, 0.4) is 0 Å². The van der Waals surface area contributed by atoms with Crippen LogP contribution in [0.2, 0.25) is 0 Å². The van der Waals surface area contributed by atoms with Crippen molar-refractivity contribution in [3.05, 3.63) is 33.9 Å². The molecule has 0 fully saturated rings. The topological polar surface area (TPSA) is 83.7 Å². The highest BCUT2D eigenvalue weighted by Gasteiger charge is 2.16. The molecular weight excluding hydrogens is 248 g/mol. The lowest BCUT2D eigenvalue weighted by Gasteiger charge is -2.28. The quantitative estimate of drug-likeness (QED) is 0.632. The van der Waals surface area contributed by atoms with Gasteiger partial charge in [0.1, 0.15) is 0 Å². The summed E-state index contributed by atoms with van der Waals surface area (Å²) in [6.45, 7) is 5.96. The molecule has 6 heteroatoms. The number of rotatable bonds is 6. The molecule has 6 nitrogen and oxygen atoms in total. The van der Waals surface area contributed by atoms with Gasteiger partial charge in [0, 0.05) is 30.4 Å². The van der Waals surface area contributed by atoms with E-state index in [1.165, 1.54) is 12.1 Å². The number of carbonyl (C=O) groups is 1. The van der Waals surface area contributed by atoms with Gasteiger partial charge in [0.05, 0.1) is 11.3 Å². The SMILES string of the molecule is Cc1cc(N(CCC(=O)O)C(C)C)cc([N+](=O)[O-])c1. The van der Waals surface area contributed by atoms with Crippen LogP contribution in [0, 0.1) is 17.0 Å². The largest absolute Gasteiger partial charge is 0.481 e. The third kappa shape index (κ3) is 4.24. The summed E-state index contributed by atoms with van der Waals surface area (Å²) in [4.78, 5) is 22.9. The van der Waals surface area contributed by atoms with Gasteiger partial charge in [-0.3, -0.25) is 14.9 Å². The van der Waals surface area contributed by atoms with Gasteiger partial charge in [-0.2, -0.15) is 0 Å². The van der Waals surface area contributed by atoms with Gasteiger partial charge in [-0.1, -0.05) is 0 Å². The fraction of sp³-hybridized carbons (Fsp3) is 0.462. The van der Waals surface area contributed by atoms with Crippen LogP contribution in [0.5, 0.6) is 0 Å². The molecule has 0 saturated heterocycles. The Bertz CT molecular complexity index is 486. The molecule has 0 aromatic heterocycles. The maximum atomic E-state index is 10.9. The summed E-state index contributed by atoms with van der Waals surface area (Å²) in [7, 11) is 0. The van der Waals surface area contributed by atoms with E-state index in [9.17, 15) is 14.9 Å². The molecule has 0 aliphatic heterocycles. The predicted molar refractivity (Wildman–Crippen MR) is 72.6 cm³/mol. The predicted octanol–water partition coefficient (Wildman–Crippen LogP) is 2.59. The van der Waals surface area contributed by atoms with E-state index in [2.05, 4.69) is 0 Å². The lowest BCUT2D eigenvalue weighted by atomic mass is 10.1. The lowest BCUT2D eigenvalue weighted by Crippen LogP contribution is -2.32. The summed E-state index contributed by atoms with van der Waals surface area (Å²) in [6, 6.07) is 4.88. The molecule has 0 atom stereocenters. The zero-order valence-electron chi connectivity index (χ0n) is 11.3. The van der Waals surface area contributed by atoms with E-state index in [4.69, 9.17) is 5.11 Å². The number of nitrogens with zero attached hydrogens (tertiary/aromatic N) is 2. The van der Waals surface area contributed by atoms with Crippen LogP contribution in [0.15, 0.2) is 18.2 Å². The van der Waals surface area contributed by atoms with Crippen molar-refractivity contribution < 1.29 is 14.8 Å². The first-order chi connectivity index (χ1) is 8.81. The Morgan fingerprint density at radius 2 is 2.05 bits per heavy atom. The second-order valence-corrected chi connectivity index (χ2v) is 4.71. The Balaban J connectivity index is 3.08. The number of carboxylic acids is 1. The molecule has 0 radical (unpaired) electrons. The standard InChI is InChI=1S/C13H18N2O4/c1-9(2)14(5-4-13(16)17)11-6-10(3)7-12(8-11)15(18)19/h6-9H,4-5H2,1-3H3,(H,16,17). The first kappa shape index (κ1) is 14.9. The molecule has 0 saturated carbocycles. The molecule has 1 aromatic rings. The van der Waals surface area contributed by atoms with Crippen molar-refractivity contribution in [2.24, 2.45) is 0 Å². The molecule has 0 spiro atoms. The zero-order chi connectivity index (χ0) is 14.6. The fourth-order valence-corrected chi connectivity index (χ4v) is 1.92. The molecule has 1 rings (SSSR count). The molecule has 1 aromatic carbocycles. The molecule has 19 heavy (non-hydrogen) atoms. The monoisotopic (exact) mass is 266 g/mol. The van der Waals surface area contributed by atoms with E-state index < -0.39 is 10.9 Å². The van der Waals surface area contributed by atoms with Crippen molar-refractivity contribution in [3.8, 4) is 0 Å². The number of aliphatic carboxylic acids is 1. The summed E-state index contributed by atoms with van der Waals surface area (Å²) in [5.41, 5.74) is 1.49. The van der Waals surface area contributed by atoms with Crippen molar-refractivity contribution in [2.45, 2.75) is 33.2 Å². The van der Waals surface area contributed by atoms with Crippen molar-refractivity contribution in [2.75, 3.05) is 11.4 Å². The molecule has 0 aliphatic rings. The highest BCUT2D eigenvalue weighted by atomic mass is 16.6. The molecule has 0 aliphatic carbocycles. The third-order valence-electron chi connectivity index (χ3n) is 2.78. The molecule has 0 bridgehead atoms. The maximum Gasteiger partial charge on any atom is 0.305 e. The van der Waals surface area contributed by atoms with Crippen molar-refractivity contribution in [3.63, 3.8) is 0 Å². The number of nitro benzene ring substituents is 1. The summed E-state index contributed by atoms with van der Waals surface area (Å²) < 4.78 is 0. The zero-order valence-corrected chi connectivity index (χ0v) is 11.3. The van der Waals surface area contributed by atoms with Gasteiger partial charge in [0.15, 0.2) is 0 Å². The van der Waals surface area contributed by atoms with Crippen LogP contribution in [-0.4, -0.2) is 28.6 Å². The smallest absolute Gasteiger partial charge is 0.305 e. The van der Waals surface area contributed by atoms with Crippen molar-refractivity contribution >= 4 is 17.3 Å². The van der Waals surface area contributed by atoms with Gasteiger partial charge in [-0.15, -0.1) is 0 Å². The number of benzene rings is 1. The van der Waals surface area contributed by atoms with Crippen LogP contribution < -0.4 is 4.90 Å². The number of aryl methyl sites for hydroxylation is 1. The van der Waals surface area contributed by atoms with E-state index in [0.29, 0.717) is 12.2 Å². The Hall–Kier alpha value is -2.11. The van der Waals surface area contributed by atoms with E-state index in [-0.39, 0.29) is 18.2 Å². The van der Waals surface area contributed by atoms with Crippen LogP contribution in [-0.2, 0) is 4.79 Å². The minimum atomic E-state index is -0.882. The molecule has 0 heterocycles. The van der Waals surface area contributed by atoms with Gasteiger partial charge in [0.25, 0.3) is 5.69 Å². The maximum absolute atomic E-state index is 10.9. The van der Waals surface area contributed by atoms with Crippen LogP contribution >= 0.6 is 0 Å². The summed E-state index contributed by atoms with van der Waals surface area (Å²) in [5.74, 6) is -0.882. The highest BCUT2D eigenvalue weighted by molar-refractivity contribution is 5.68. The van der Waals surface area contributed by atoms with Gasteiger partial charge < -0.3 is 10.0 Å². The number of hydrogen-bond acceptors (Lipinski definition) is 4. The van der Waals surface area contributed by atoms with E-state index in [0.717, 1.165) is 5.56 Å². The summed E-state index contributed by atoms with van der Waals surface area (Å²) in [6.07, 6.45) is -0.0000798. The van der Waals surface area contributed by atoms with Crippen LogP contribution in [0.25, 0.3) is 0 Å². The molecule has 1 N–H and O–H groups in total. The Kier molecular flexibility index (Phi) is 4.86. The van der Waals surface area contributed by atoms with Gasteiger partial charge in [-0.05, 0) is 32.4 Å². The van der Waals surface area contributed by atoms with Crippen LogP contribution in [0.4, 0.5) is 11.4 Å². The van der Waals surface area contributed by atoms with Gasteiger partial charge in [0.2, 0.25) is 0 Å². The van der Waals surface area contributed by atoms with E-state index in [1.54, 1.807) is 6.92 Å². The van der Waals surface area contributed by atoms with E-state index >= 15 is 0 Å². The second kappa shape index (κ2) is 6.17. The van der Waals surface area contributed by atoms with E-state index in [1.807, 2.05) is 24.8 Å². The second-order valence-electron chi connectivity index (χ2n) is 4.71. The summed E-state index contributed by atoms with van der Waals surface area (Å²) in [5, 5.41) is 19.6. The Labute approximate surface area is 111 Å².